The molecule has 6 heteroatoms. The molecule has 0 aliphatic carbocycles. The Hall–Kier alpha value is -2.24. The van der Waals surface area contributed by atoms with Crippen molar-refractivity contribution in [3.63, 3.8) is 0 Å². The molecule has 1 saturated heterocycles. The SMILES string of the molecule is COc1cccc(C(=N)N)c1NC(=O)N1CCC(C)CC1. The third-order valence-corrected chi connectivity index (χ3v) is 3.84. The second-order valence-electron chi connectivity index (χ2n) is 5.40. The van der Waals surface area contributed by atoms with Crippen LogP contribution in [0.1, 0.15) is 25.3 Å². The number of nitrogens with two attached hydrogens (primary N) is 1. The molecular weight excluding hydrogens is 268 g/mol. The van der Waals surface area contributed by atoms with E-state index in [0.717, 1.165) is 25.9 Å². The molecular formula is C15H22N4O2. The molecule has 1 aliphatic rings. The first-order valence-electron chi connectivity index (χ1n) is 7.10. The van der Waals surface area contributed by atoms with E-state index in [1.807, 2.05) is 0 Å². The van der Waals surface area contributed by atoms with Crippen molar-refractivity contribution >= 4 is 17.6 Å². The van der Waals surface area contributed by atoms with Crippen molar-refractivity contribution in [2.45, 2.75) is 19.8 Å². The van der Waals surface area contributed by atoms with Gasteiger partial charge < -0.3 is 20.7 Å². The van der Waals surface area contributed by atoms with E-state index in [1.165, 1.54) is 7.11 Å². The smallest absolute Gasteiger partial charge is 0.321 e. The van der Waals surface area contributed by atoms with E-state index < -0.39 is 0 Å². The Morgan fingerprint density at radius 2 is 2.10 bits per heavy atom. The topological polar surface area (TPSA) is 91.4 Å². The summed E-state index contributed by atoms with van der Waals surface area (Å²) in [7, 11) is 1.53. The van der Waals surface area contributed by atoms with Gasteiger partial charge in [0.1, 0.15) is 11.6 Å². The first-order chi connectivity index (χ1) is 10.0. The third-order valence-electron chi connectivity index (χ3n) is 3.84. The van der Waals surface area contributed by atoms with Crippen LogP contribution in [-0.2, 0) is 0 Å². The second-order valence-corrected chi connectivity index (χ2v) is 5.40. The number of para-hydroxylation sites is 1. The van der Waals surface area contributed by atoms with E-state index in [9.17, 15) is 4.79 Å². The Morgan fingerprint density at radius 1 is 1.43 bits per heavy atom. The highest BCUT2D eigenvalue weighted by Gasteiger charge is 2.22. The molecule has 2 amide bonds. The Kier molecular flexibility index (Phi) is 4.67. The molecule has 1 aromatic carbocycles. The van der Waals surface area contributed by atoms with Crippen molar-refractivity contribution in [3.8, 4) is 5.75 Å². The number of benzene rings is 1. The summed E-state index contributed by atoms with van der Waals surface area (Å²) < 4.78 is 5.26. The number of nitrogen functional groups attached to an aromatic ring is 1. The first kappa shape index (κ1) is 15.2. The van der Waals surface area contributed by atoms with Gasteiger partial charge in [-0.1, -0.05) is 13.0 Å². The number of carbonyl (C=O) groups excluding carboxylic acids is 1. The standard InChI is InChI=1S/C15H22N4O2/c1-10-6-8-19(9-7-10)15(20)18-13-11(14(16)17)4-3-5-12(13)21-2/h3-5,10H,6-9H2,1-2H3,(H3,16,17)(H,18,20). The van der Waals surface area contributed by atoms with Gasteiger partial charge in [0.15, 0.2) is 0 Å². The number of hydrogen-bond acceptors (Lipinski definition) is 3. The zero-order valence-corrected chi connectivity index (χ0v) is 12.5. The first-order valence-corrected chi connectivity index (χ1v) is 7.10. The molecule has 0 radical (unpaired) electrons. The predicted octanol–water partition coefficient (Wildman–Crippen LogP) is 2.24. The van der Waals surface area contributed by atoms with Gasteiger partial charge in [0.05, 0.1) is 12.8 Å². The van der Waals surface area contributed by atoms with Gasteiger partial charge in [0.2, 0.25) is 0 Å². The molecule has 1 fully saturated rings. The molecule has 0 saturated carbocycles. The summed E-state index contributed by atoms with van der Waals surface area (Å²) in [5, 5.41) is 10.5. The average Bonchev–Trinajstić information content (AvgIpc) is 2.47. The van der Waals surface area contributed by atoms with Crippen LogP contribution in [0.25, 0.3) is 0 Å². The molecule has 0 unspecified atom stereocenters. The normalized spacial score (nSPS) is 15.6. The molecule has 114 valence electrons. The van der Waals surface area contributed by atoms with Gasteiger partial charge in [-0.15, -0.1) is 0 Å². The number of rotatable bonds is 3. The molecule has 0 spiro atoms. The van der Waals surface area contributed by atoms with E-state index in [4.69, 9.17) is 15.9 Å². The van der Waals surface area contributed by atoms with Crippen LogP contribution in [0.5, 0.6) is 5.75 Å². The summed E-state index contributed by atoms with van der Waals surface area (Å²) in [6, 6.07) is 5.00. The molecule has 4 N–H and O–H groups in total. The fraction of sp³-hybridized carbons (Fsp3) is 0.467. The van der Waals surface area contributed by atoms with Gasteiger partial charge in [0, 0.05) is 18.7 Å². The maximum Gasteiger partial charge on any atom is 0.321 e. The molecule has 0 aromatic heterocycles. The Labute approximate surface area is 124 Å². The fourth-order valence-corrected chi connectivity index (χ4v) is 2.45. The minimum Gasteiger partial charge on any atom is -0.495 e. The number of nitrogens with one attached hydrogen (secondary N) is 2. The molecule has 1 aromatic rings. The molecule has 2 rings (SSSR count). The lowest BCUT2D eigenvalue weighted by Gasteiger charge is -2.30. The fourth-order valence-electron chi connectivity index (χ4n) is 2.45. The maximum atomic E-state index is 12.4. The van der Waals surface area contributed by atoms with Crippen molar-refractivity contribution in [1.29, 1.82) is 5.41 Å². The number of amides is 2. The van der Waals surface area contributed by atoms with Gasteiger partial charge in [-0.05, 0) is 30.9 Å². The zero-order valence-electron chi connectivity index (χ0n) is 12.5. The Morgan fingerprint density at radius 3 is 2.67 bits per heavy atom. The summed E-state index contributed by atoms with van der Waals surface area (Å²) in [4.78, 5) is 14.2. The summed E-state index contributed by atoms with van der Waals surface area (Å²) in [6.07, 6.45) is 2.03. The quantitative estimate of drug-likeness (QED) is 0.589. The number of ether oxygens (including phenoxy) is 1. The highest BCUT2D eigenvalue weighted by molar-refractivity contribution is 6.05. The summed E-state index contributed by atoms with van der Waals surface area (Å²) in [6.45, 7) is 3.69. The highest BCUT2D eigenvalue weighted by Crippen LogP contribution is 2.29. The van der Waals surface area contributed by atoms with Gasteiger partial charge >= 0.3 is 6.03 Å². The molecule has 1 aliphatic heterocycles. The zero-order chi connectivity index (χ0) is 15.4. The number of urea groups is 1. The number of amidine groups is 1. The number of hydrogen-bond donors (Lipinski definition) is 3. The van der Waals surface area contributed by atoms with Crippen LogP contribution in [0.4, 0.5) is 10.5 Å². The minimum atomic E-state index is -0.172. The third kappa shape index (κ3) is 3.45. The summed E-state index contributed by atoms with van der Waals surface area (Å²) in [5.41, 5.74) is 6.49. The van der Waals surface area contributed by atoms with E-state index in [1.54, 1.807) is 23.1 Å². The van der Waals surface area contributed by atoms with Gasteiger partial charge in [0.25, 0.3) is 0 Å². The Bertz CT molecular complexity index is 536. The van der Waals surface area contributed by atoms with Crippen molar-refractivity contribution in [2.75, 3.05) is 25.5 Å². The van der Waals surface area contributed by atoms with Crippen LogP contribution >= 0.6 is 0 Å². The lowest BCUT2D eigenvalue weighted by atomic mass is 10.00. The van der Waals surface area contributed by atoms with Crippen LogP contribution in [0.3, 0.4) is 0 Å². The number of anilines is 1. The van der Waals surface area contributed by atoms with Crippen LogP contribution in [-0.4, -0.2) is 37.0 Å². The molecule has 0 bridgehead atoms. The van der Waals surface area contributed by atoms with Crippen LogP contribution in [0, 0.1) is 11.3 Å². The number of piperidine rings is 1. The van der Waals surface area contributed by atoms with Crippen LogP contribution in [0.2, 0.25) is 0 Å². The lowest BCUT2D eigenvalue weighted by molar-refractivity contribution is 0.186. The molecule has 6 nitrogen and oxygen atoms in total. The van der Waals surface area contributed by atoms with Gasteiger partial charge in [-0.2, -0.15) is 0 Å². The minimum absolute atomic E-state index is 0.100. The van der Waals surface area contributed by atoms with Crippen LogP contribution in [0.15, 0.2) is 18.2 Å². The van der Waals surface area contributed by atoms with Crippen molar-refractivity contribution in [2.24, 2.45) is 11.7 Å². The number of nitrogens with zero attached hydrogens (tertiary/aromatic N) is 1. The molecule has 1 heterocycles. The van der Waals surface area contributed by atoms with Crippen molar-refractivity contribution in [1.82, 2.24) is 4.90 Å². The highest BCUT2D eigenvalue weighted by atomic mass is 16.5. The number of methoxy groups -OCH3 is 1. The molecule has 0 atom stereocenters. The average molecular weight is 290 g/mol. The van der Waals surface area contributed by atoms with Gasteiger partial charge in [-0.3, -0.25) is 5.41 Å². The largest absolute Gasteiger partial charge is 0.495 e. The monoisotopic (exact) mass is 290 g/mol. The maximum absolute atomic E-state index is 12.4. The lowest BCUT2D eigenvalue weighted by Crippen LogP contribution is -2.41. The molecule has 21 heavy (non-hydrogen) atoms. The van der Waals surface area contributed by atoms with E-state index in [0.29, 0.717) is 22.9 Å². The van der Waals surface area contributed by atoms with Crippen LogP contribution < -0.4 is 15.8 Å². The van der Waals surface area contributed by atoms with Crippen molar-refractivity contribution in [3.05, 3.63) is 23.8 Å². The summed E-state index contributed by atoms with van der Waals surface area (Å²) in [5.74, 6) is 1.06. The number of likely N-dealkylation sites (tertiary alicyclic amines) is 1. The van der Waals surface area contributed by atoms with E-state index in [-0.39, 0.29) is 11.9 Å². The predicted molar refractivity (Wildman–Crippen MR) is 83.0 cm³/mol. The van der Waals surface area contributed by atoms with E-state index >= 15 is 0 Å². The van der Waals surface area contributed by atoms with Crippen molar-refractivity contribution < 1.29 is 9.53 Å². The Balaban J connectivity index is 2.18. The van der Waals surface area contributed by atoms with E-state index in [2.05, 4.69) is 12.2 Å². The summed E-state index contributed by atoms with van der Waals surface area (Å²) >= 11 is 0. The second kappa shape index (κ2) is 6.47. The number of carbonyl (C=O) groups is 1. The van der Waals surface area contributed by atoms with Gasteiger partial charge in [-0.25, -0.2) is 4.79 Å².